The molecule has 56 valence electrons. The van der Waals surface area contributed by atoms with E-state index in [1.165, 1.54) is 0 Å². The van der Waals surface area contributed by atoms with Gasteiger partial charge in [-0.25, -0.2) is 5.43 Å². The minimum atomic E-state index is -0.0461. The number of terminal acetylenes is 1. The summed E-state index contributed by atoms with van der Waals surface area (Å²) in [5.74, 6) is 2.28. The number of rotatable bonds is 3. The third-order valence-electron chi connectivity index (χ3n) is 0.926. The molecule has 0 radical (unpaired) electrons. The summed E-state index contributed by atoms with van der Waals surface area (Å²) in [6.07, 6.45) is 4.93. The lowest BCUT2D eigenvalue weighted by Gasteiger charge is -2.05. The number of hydrazine groups is 1. The van der Waals surface area contributed by atoms with E-state index in [0.717, 1.165) is 0 Å². The third kappa shape index (κ3) is 3.93. The molecule has 3 heteroatoms. The van der Waals surface area contributed by atoms with Crippen LogP contribution in [-0.4, -0.2) is 12.5 Å². The molecule has 0 aromatic rings. The van der Waals surface area contributed by atoms with Gasteiger partial charge in [0.05, 0.1) is 6.54 Å². The van der Waals surface area contributed by atoms with Crippen molar-refractivity contribution < 1.29 is 4.79 Å². The highest BCUT2D eigenvalue weighted by Crippen LogP contribution is 1.87. The van der Waals surface area contributed by atoms with Crippen molar-refractivity contribution in [2.24, 2.45) is 5.92 Å². The molecule has 0 aliphatic heterocycles. The van der Waals surface area contributed by atoms with Crippen LogP contribution >= 0.6 is 0 Å². The van der Waals surface area contributed by atoms with Gasteiger partial charge in [0.15, 0.2) is 0 Å². The van der Waals surface area contributed by atoms with Crippen molar-refractivity contribution in [1.29, 1.82) is 0 Å². The topological polar surface area (TPSA) is 41.1 Å². The lowest BCUT2D eigenvalue weighted by molar-refractivity contribution is -0.124. The maximum Gasteiger partial charge on any atom is 0.236 e. The predicted octanol–water partition coefficient (Wildman–Crippen LogP) is -0.104. The summed E-state index contributed by atoms with van der Waals surface area (Å²) in [5, 5.41) is 0. The Bertz CT molecular complexity index is 146. The van der Waals surface area contributed by atoms with E-state index in [1.807, 2.05) is 13.8 Å². The number of hydrogen-bond donors (Lipinski definition) is 2. The number of carbonyl (C=O) groups is 1. The molecule has 0 atom stereocenters. The maximum atomic E-state index is 10.8. The third-order valence-corrected chi connectivity index (χ3v) is 0.926. The zero-order valence-corrected chi connectivity index (χ0v) is 6.27. The summed E-state index contributed by atoms with van der Waals surface area (Å²) in [6.45, 7) is 3.98. The Labute approximate surface area is 61.2 Å². The van der Waals surface area contributed by atoms with Crippen LogP contribution in [0.1, 0.15) is 13.8 Å². The monoisotopic (exact) mass is 140 g/mol. The summed E-state index contributed by atoms with van der Waals surface area (Å²) in [7, 11) is 0. The lowest BCUT2D eigenvalue weighted by atomic mass is 10.2. The summed E-state index contributed by atoms with van der Waals surface area (Å²) in [6, 6.07) is 0. The number of nitrogens with one attached hydrogen (secondary N) is 2. The predicted molar refractivity (Wildman–Crippen MR) is 39.8 cm³/mol. The summed E-state index contributed by atoms with van der Waals surface area (Å²) in [4.78, 5) is 10.8. The molecule has 0 bridgehead atoms. The van der Waals surface area contributed by atoms with Crippen LogP contribution in [0, 0.1) is 18.3 Å². The minimum absolute atomic E-state index is 0.00901. The first-order chi connectivity index (χ1) is 4.68. The zero-order chi connectivity index (χ0) is 7.98. The van der Waals surface area contributed by atoms with Crippen LogP contribution in [-0.2, 0) is 4.79 Å². The Hall–Kier alpha value is -1.01. The summed E-state index contributed by atoms with van der Waals surface area (Å²) in [5.41, 5.74) is 5.03. The van der Waals surface area contributed by atoms with Gasteiger partial charge in [0.25, 0.3) is 0 Å². The first kappa shape index (κ1) is 8.99. The molecule has 0 heterocycles. The standard InChI is InChI=1S/C7H12N2O/c1-4-5-8-9-7(10)6(2)3/h1,6,8H,5H2,2-3H3,(H,9,10). The molecular weight excluding hydrogens is 128 g/mol. The number of carbonyl (C=O) groups excluding carboxylic acids is 1. The van der Waals surface area contributed by atoms with Gasteiger partial charge in [-0.1, -0.05) is 19.8 Å². The van der Waals surface area contributed by atoms with Crippen LogP contribution in [0.5, 0.6) is 0 Å². The Kier molecular flexibility index (Phi) is 4.34. The zero-order valence-electron chi connectivity index (χ0n) is 6.27. The van der Waals surface area contributed by atoms with Crippen molar-refractivity contribution in [2.45, 2.75) is 13.8 Å². The van der Waals surface area contributed by atoms with E-state index < -0.39 is 0 Å². The van der Waals surface area contributed by atoms with Gasteiger partial charge >= 0.3 is 0 Å². The van der Waals surface area contributed by atoms with Crippen LogP contribution in [0.2, 0.25) is 0 Å². The van der Waals surface area contributed by atoms with E-state index >= 15 is 0 Å². The first-order valence-electron chi connectivity index (χ1n) is 3.14. The lowest BCUT2D eigenvalue weighted by Crippen LogP contribution is -2.39. The molecule has 2 N–H and O–H groups in total. The average molecular weight is 140 g/mol. The van der Waals surface area contributed by atoms with Crippen LogP contribution in [0.4, 0.5) is 0 Å². The Morgan fingerprint density at radius 1 is 1.70 bits per heavy atom. The van der Waals surface area contributed by atoms with Gasteiger partial charge in [-0.05, 0) is 0 Å². The highest BCUT2D eigenvalue weighted by molar-refractivity contribution is 5.77. The fourth-order valence-electron chi connectivity index (χ4n) is 0.327. The van der Waals surface area contributed by atoms with Crippen molar-refractivity contribution in [2.75, 3.05) is 6.54 Å². The van der Waals surface area contributed by atoms with Gasteiger partial charge in [-0.2, -0.15) is 0 Å². The number of hydrogen-bond acceptors (Lipinski definition) is 2. The second-order valence-electron chi connectivity index (χ2n) is 2.20. The number of amides is 1. The molecule has 0 aromatic carbocycles. The normalized spacial score (nSPS) is 9.00. The second-order valence-corrected chi connectivity index (χ2v) is 2.20. The summed E-state index contributed by atoms with van der Waals surface area (Å²) >= 11 is 0. The molecule has 0 aliphatic rings. The fourth-order valence-corrected chi connectivity index (χ4v) is 0.327. The molecule has 0 fully saturated rings. The molecule has 3 nitrogen and oxygen atoms in total. The molecule has 0 spiro atoms. The Balaban J connectivity index is 3.33. The van der Waals surface area contributed by atoms with Gasteiger partial charge in [-0.15, -0.1) is 6.42 Å². The smallest absolute Gasteiger partial charge is 0.236 e. The van der Waals surface area contributed by atoms with E-state index in [2.05, 4.69) is 16.8 Å². The van der Waals surface area contributed by atoms with Crippen LogP contribution in [0.3, 0.4) is 0 Å². The Morgan fingerprint density at radius 3 is 2.70 bits per heavy atom. The van der Waals surface area contributed by atoms with Crippen molar-refractivity contribution in [3.8, 4) is 12.3 Å². The van der Waals surface area contributed by atoms with Gasteiger partial charge in [-0.3, -0.25) is 10.2 Å². The molecule has 0 unspecified atom stereocenters. The van der Waals surface area contributed by atoms with Crippen molar-refractivity contribution in [1.82, 2.24) is 10.9 Å². The minimum Gasteiger partial charge on any atom is -0.290 e. The van der Waals surface area contributed by atoms with Crippen LogP contribution in [0.15, 0.2) is 0 Å². The molecular formula is C7H12N2O. The van der Waals surface area contributed by atoms with Crippen molar-refractivity contribution >= 4 is 5.91 Å². The van der Waals surface area contributed by atoms with Gasteiger partial charge in [0.2, 0.25) is 5.91 Å². The molecule has 0 saturated carbocycles. The molecule has 0 rings (SSSR count). The van der Waals surface area contributed by atoms with Crippen molar-refractivity contribution in [3.63, 3.8) is 0 Å². The van der Waals surface area contributed by atoms with Crippen LogP contribution < -0.4 is 10.9 Å². The van der Waals surface area contributed by atoms with E-state index in [1.54, 1.807) is 0 Å². The molecule has 0 aromatic heterocycles. The summed E-state index contributed by atoms with van der Waals surface area (Å²) < 4.78 is 0. The van der Waals surface area contributed by atoms with E-state index in [0.29, 0.717) is 6.54 Å². The van der Waals surface area contributed by atoms with Gasteiger partial charge in [0.1, 0.15) is 0 Å². The highest BCUT2D eigenvalue weighted by Gasteiger charge is 2.03. The first-order valence-corrected chi connectivity index (χ1v) is 3.14. The highest BCUT2D eigenvalue weighted by atomic mass is 16.2. The molecule has 0 aliphatic carbocycles. The average Bonchev–Trinajstić information content (AvgIpc) is 1.88. The van der Waals surface area contributed by atoms with E-state index in [4.69, 9.17) is 6.42 Å². The van der Waals surface area contributed by atoms with Crippen LogP contribution in [0.25, 0.3) is 0 Å². The molecule has 10 heavy (non-hydrogen) atoms. The Morgan fingerprint density at radius 2 is 2.30 bits per heavy atom. The van der Waals surface area contributed by atoms with E-state index in [9.17, 15) is 4.79 Å². The van der Waals surface area contributed by atoms with E-state index in [-0.39, 0.29) is 11.8 Å². The van der Waals surface area contributed by atoms with Gasteiger partial charge < -0.3 is 0 Å². The van der Waals surface area contributed by atoms with Crippen molar-refractivity contribution in [3.05, 3.63) is 0 Å². The SMILES string of the molecule is C#CCNNC(=O)C(C)C. The quantitative estimate of drug-likeness (QED) is 0.326. The molecule has 1 amide bonds. The fraction of sp³-hybridized carbons (Fsp3) is 0.571. The largest absolute Gasteiger partial charge is 0.290 e. The second kappa shape index (κ2) is 4.83. The maximum absolute atomic E-state index is 10.8. The molecule has 0 saturated heterocycles. The van der Waals surface area contributed by atoms with Gasteiger partial charge in [0, 0.05) is 5.92 Å².